The standard InChI is InChI=1S/C15H6N2O/c16-7-9-5-6-11-10-3-1-2-4-12(10)15(18)14(11)13(9)8-17/h1-6H. The van der Waals surface area contributed by atoms with E-state index >= 15 is 0 Å². The van der Waals surface area contributed by atoms with Crippen molar-refractivity contribution in [2.45, 2.75) is 0 Å². The van der Waals surface area contributed by atoms with Crippen molar-refractivity contribution in [3.05, 3.63) is 58.7 Å². The van der Waals surface area contributed by atoms with Gasteiger partial charge in [-0.05, 0) is 17.2 Å². The van der Waals surface area contributed by atoms with Gasteiger partial charge in [-0.15, -0.1) is 0 Å². The summed E-state index contributed by atoms with van der Waals surface area (Å²) in [6.07, 6.45) is 0. The lowest BCUT2D eigenvalue weighted by atomic mass is 9.97. The number of carbonyl (C=O) groups excluding carboxylic acids is 1. The highest BCUT2D eigenvalue weighted by molar-refractivity contribution is 6.23. The third kappa shape index (κ3) is 1.13. The van der Waals surface area contributed by atoms with Crippen molar-refractivity contribution in [1.82, 2.24) is 0 Å². The summed E-state index contributed by atoms with van der Waals surface area (Å²) in [7, 11) is 0. The number of rotatable bonds is 0. The summed E-state index contributed by atoms with van der Waals surface area (Å²) in [5.74, 6) is -0.172. The van der Waals surface area contributed by atoms with Crippen LogP contribution in [-0.2, 0) is 0 Å². The molecule has 1 aliphatic rings. The largest absolute Gasteiger partial charge is 0.289 e. The monoisotopic (exact) mass is 230 g/mol. The van der Waals surface area contributed by atoms with E-state index in [-0.39, 0.29) is 16.9 Å². The van der Waals surface area contributed by atoms with Gasteiger partial charge in [-0.25, -0.2) is 0 Å². The molecule has 0 N–H and O–H groups in total. The summed E-state index contributed by atoms with van der Waals surface area (Å²) in [6.45, 7) is 0. The molecule has 0 aromatic heterocycles. The second-order valence-electron chi connectivity index (χ2n) is 4.01. The minimum Gasteiger partial charge on any atom is -0.289 e. The van der Waals surface area contributed by atoms with Crippen LogP contribution in [-0.4, -0.2) is 5.78 Å². The first-order valence-electron chi connectivity index (χ1n) is 5.39. The lowest BCUT2D eigenvalue weighted by Crippen LogP contribution is -2.00. The number of hydrogen-bond acceptors (Lipinski definition) is 3. The number of ketones is 1. The molecule has 0 amide bonds. The Bertz CT molecular complexity index is 776. The van der Waals surface area contributed by atoms with Crippen molar-refractivity contribution in [2.24, 2.45) is 0 Å². The van der Waals surface area contributed by atoms with E-state index in [4.69, 9.17) is 10.5 Å². The molecule has 0 radical (unpaired) electrons. The molecule has 2 aromatic rings. The fraction of sp³-hybridized carbons (Fsp3) is 0. The van der Waals surface area contributed by atoms with Crippen LogP contribution in [0.2, 0.25) is 0 Å². The molecule has 0 spiro atoms. The second kappa shape index (κ2) is 3.55. The van der Waals surface area contributed by atoms with Crippen molar-refractivity contribution in [3.63, 3.8) is 0 Å². The third-order valence-electron chi connectivity index (χ3n) is 3.13. The summed E-state index contributed by atoms with van der Waals surface area (Å²) in [6, 6.07) is 14.5. The summed E-state index contributed by atoms with van der Waals surface area (Å²) in [5, 5.41) is 18.1. The molecule has 3 heteroatoms. The van der Waals surface area contributed by atoms with Gasteiger partial charge in [0.15, 0.2) is 5.78 Å². The van der Waals surface area contributed by atoms with E-state index in [0.717, 1.165) is 11.1 Å². The molecule has 2 aromatic carbocycles. The quantitative estimate of drug-likeness (QED) is 0.596. The molecule has 3 rings (SSSR count). The molecule has 0 aliphatic heterocycles. The van der Waals surface area contributed by atoms with E-state index < -0.39 is 0 Å². The van der Waals surface area contributed by atoms with Crippen molar-refractivity contribution in [2.75, 3.05) is 0 Å². The smallest absolute Gasteiger partial charge is 0.195 e. The van der Waals surface area contributed by atoms with Gasteiger partial charge in [0.25, 0.3) is 0 Å². The van der Waals surface area contributed by atoms with Gasteiger partial charge in [0.1, 0.15) is 12.1 Å². The zero-order chi connectivity index (χ0) is 12.7. The van der Waals surface area contributed by atoms with Gasteiger partial charge in [-0.3, -0.25) is 4.79 Å². The van der Waals surface area contributed by atoms with Crippen molar-refractivity contribution >= 4 is 5.78 Å². The molecule has 82 valence electrons. The number of carbonyl (C=O) groups is 1. The Balaban J connectivity index is 2.43. The molecule has 0 bridgehead atoms. The van der Waals surface area contributed by atoms with Crippen LogP contribution >= 0.6 is 0 Å². The number of fused-ring (bicyclic) bond motifs is 3. The average Bonchev–Trinajstić information content (AvgIpc) is 2.72. The van der Waals surface area contributed by atoms with Crippen LogP contribution < -0.4 is 0 Å². The number of nitrogens with zero attached hydrogens (tertiary/aromatic N) is 2. The number of benzene rings is 2. The van der Waals surface area contributed by atoms with Gasteiger partial charge in [0.05, 0.1) is 11.1 Å². The van der Waals surface area contributed by atoms with Gasteiger partial charge < -0.3 is 0 Å². The van der Waals surface area contributed by atoms with Crippen LogP contribution in [0, 0.1) is 22.7 Å². The van der Waals surface area contributed by atoms with Gasteiger partial charge in [-0.1, -0.05) is 30.3 Å². The minimum absolute atomic E-state index is 0.172. The van der Waals surface area contributed by atoms with Crippen LogP contribution in [0.3, 0.4) is 0 Å². The summed E-state index contributed by atoms with van der Waals surface area (Å²) >= 11 is 0. The molecule has 3 nitrogen and oxygen atoms in total. The summed E-state index contributed by atoms with van der Waals surface area (Å²) < 4.78 is 0. The first-order chi connectivity index (χ1) is 8.77. The Kier molecular flexibility index (Phi) is 2.02. The average molecular weight is 230 g/mol. The third-order valence-corrected chi connectivity index (χ3v) is 3.13. The Morgan fingerprint density at radius 1 is 0.833 bits per heavy atom. The predicted octanol–water partition coefficient (Wildman–Crippen LogP) is 2.64. The molecular weight excluding hydrogens is 224 g/mol. The van der Waals surface area contributed by atoms with Gasteiger partial charge in [0, 0.05) is 11.1 Å². The maximum absolute atomic E-state index is 12.3. The predicted molar refractivity (Wildman–Crippen MR) is 64.7 cm³/mol. The first kappa shape index (κ1) is 10.3. The SMILES string of the molecule is N#Cc1ccc2c(c1C#N)C(=O)c1ccccc1-2. The van der Waals surface area contributed by atoms with Crippen LogP contribution in [0.1, 0.15) is 27.0 Å². The zero-order valence-electron chi connectivity index (χ0n) is 9.27. The van der Waals surface area contributed by atoms with Crippen LogP contribution in [0.25, 0.3) is 11.1 Å². The molecular formula is C15H6N2O. The van der Waals surface area contributed by atoms with Crippen molar-refractivity contribution in [1.29, 1.82) is 10.5 Å². The van der Waals surface area contributed by atoms with Crippen LogP contribution in [0.5, 0.6) is 0 Å². The second-order valence-corrected chi connectivity index (χ2v) is 4.01. The maximum atomic E-state index is 12.3. The van der Waals surface area contributed by atoms with E-state index in [1.54, 1.807) is 24.3 Å². The lowest BCUT2D eigenvalue weighted by Gasteiger charge is -2.02. The topological polar surface area (TPSA) is 64.7 Å². The van der Waals surface area contributed by atoms with E-state index in [9.17, 15) is 4.79 Å². The molecule has 0 saturated carbocycles. The first-order valence-corrected chi connectivity index (χ1v) is 5.39. The van der Waals surface area contributed by atoms with E-state index in [1.165, 1.54) is 0 Å². The molecule has 0 unspecified atom stereocenters. The van der Waals surface area contributed by atoms with Crippen molar-refractivity contribution in [3.8, 4) is 23.3 Å². The summed E-state index contributed by atoms with van der Waals surface area (Å²) in [4.78, 5) is 12.3. The normalized spacial score (nSPS) is 11.3. The van der Waals surface area contributed by atoms with E-state index in [1.807, 2.05) is 24.3 Å². The Morgan fingerprint density at radius 2 is 1.56 bits per heavy atom. The highest BCUT2D eigenvalue weighted by atomic mass is 16.1. The zero-order valence-corrected chi connectivity index (χ0v) is 9.27. The van der Waals surface area contributed by atoms with E-state index in [2.05, 4.69) is 0 Å². The van der Waals surface area contributed by atoms with E-state index in [0.29, 0.717) is 11.1 Å². The molecule has 18 heavy (non-hydrogen) atoms. The van der Waals surface area contributed by atoms with Crippen molar-refractivity contribution < 1.29 is 4.79 Å². The van der Waals surface area contributed by atoms with Gasteiger partial charge in [0.2, 0.25) is 0 Å². The fourth-order valence-electron chi connectivity index (χ4n) is 2.32. The molecule has 1 aliphatic carbocycles. The molecule has 0 atom stereocenters. The highest BCUT2D eigenvalue weighted by Crippen LogP contribution is 2.38. The fourth-order valence-corrected chi connectivity index (χ4v) is 2.32. The molecule has 0 fully saturated rings. The Morgan fingerprint density at radius 3 is 2.22 bits per heavy atom. The van der Waals surface area contributed by atoms with Crippen LogP contribution in [0.15, 0.2) is 36.4 Å². The number of nitriles is 2. The van der Waals surface area contributed by atoms with Crippen LogP contribution in [0.4, 0.5) is 0 Å². The lowest BCUT2D eigenvalue weighted by molar-refractivity contribution is 0.104. The molecule has 0 saturated heterocycles. The highest BCUT2D eigenvalue weighted by Gasteiger charge is 2.30. The number of hydrogen-bond donors (Lipinski definition) is 0. The van der Waals surface area contributed by atoms with Gasteiger partial charge >= 0.3 is 0 Å². The maximum Gasteiger partial charge on any atom is 0.195 e. The van der Waals surface area contributed by atoms with Gasteiger partial charge in [-0.2, -0.15) is 10.5 Å². The summed E-state index contributed by atoms with van der Waals surface area (Å²) in [5.41, 5.74) is 2.95. The Hall–Kier alpha value is -2.91. The molecule has 0 heterocycles. The Labute approximate surface area is 104 Å². The minimum atomic E-state index is -0.172.